The van der Waals surface area contributed by atoms with Crippen molar-refractivity contribution in [3.05, 3.63) is 40.8 Å². The molecule has 2 rings (SSSR count). The molecule has 0 aliphatic heterocycles. The molecule has 0 aliphatic rings. The summed E-state index contributed by atoms with van der Waals surface area (Å²) >= 11 is 0. The van der Waals surface area contributed by atoms with E-state index in [0.29, 0.717) is 35.6 Å². The molecule has 0 fully saturated rings. The molecule has 2 amide bonds. The second-order valence-corrected chi connectivity index (χ2v) is 10.0. The first kappa shape index (κ1) is 25.8. The number of aromatic nitrogens is 2. The van der Waals surface area contributed by atoms with Crippen molar-refractivity contribution in [3.8, 4) is 0 Å². The van der Waals surface area contributed by atoms with Gasteiger partial charge in [-0.2, -0.15) is 13.5 Å². The van der Waals surface area contributed by atoms with Gasteiger partial charge < -0.3 is 10.4 Å². The van der Waals surface area contributed by atoms with Crippen molar-refractivity contribution >= 4 is 21.7 Å². The van der Waals surface area contributed by atoms with Gasteiger partial charge in [-0.3, -0.25) is 9.58 Å². The number of sulfonamides is 1. The summed E-state index contributed by atoms with van der Waals surface area (Å²) in [5, 5.41) is 15.3. The summed E-state index contributed by atoms with van der Waals surface area (Å²) in [7, 11) is -0.857. The van der Waals surface area contributed by atoms with Crippen LogP contribution in [-0.2, 0) is 23.6 Å². The molecule has 0 aliphatic carbocycles. The highest BCUT2D eigenvalue weighted by atomic mass is 32.2. The Labute approximate surface area is 188 Å². The minimum atomic E-state index is -4.24. The molecular formula is C21H32FN5O4S. The zero-order valence-electron chi connectivity index (χ0n) is 19.3. The second kappa shape index (κ2) is 10.4. The molecule has 1 aromatic heterocycles. The molecule has 1 aromatic carbocycles. The fraction of sp³-hybridized carbons (Fsp3) is 0.524. The number of benzene rings is 1. The lowest BCUT2D eigenvalue weighted by Gasteiger charge is -2.20. The Morgan fingerprint density at radius 1 is 1.19 bits per heavy atom. The average molecular weight is 470 g/mol. The number of anilines is 1. The van der Waals surface area contributed by atoms with E-state index in [1.807, 2.05) is 37.3 Å². The standard InChI is InChI=1S/C21H32FN5O4S/c1-13(2)17-9-15(22)10-18(14(3)4)20(17)23-21(29)25-32(30,31)19-11-16(27(6)24-19)12-26(5)7-8-28/h9-11,13-14,28H,7-8,12H2,1-6H3,(H2,23,25,29). The number of nitrogens with one attached hydrogen (secondary N) is 2. The maximum Gasteiger partial charge on any atom is 0.333 e. The zero-order chi connectivity index (χ0) is 24.2. The smallest absolute Gasteiger partial charge is 0.333 e. The molecule has 0 radical (unpaired) electrons. The molecule has 11 heteroatoms. The number of aliphatic hydroxyl groups excluding tert-OH is 1. The molecule has 0 saturated carbocycles. The van der Waals surface area contributed by atoms with Crippen LogP contribution in [0, 0.1) is 5.82 Å². The molecular weight excluding hydrogens is 437 g/mol. The van der Waals surface area contributed by atoms with E-state index in [1.165, 1.54) is 22.9 Å². The number of carbonyl (C=O) groups excluding carboxylic acids is 1. The first-order valence-electron chi connectivity index (χ1n) is 10.3. The van der Waals surface area contributed by atoms with Crippen LogP contribution in [0.3, 0.4) is 0 Å². The van der Waals surface area contributed by atoms with Gasteiger partial charge in [0.15, 0.2) is 5.03 Å². The van der Waals surface area contributed by atoms with Gasteiger partial charge in [-0.05, 0) is 42.1 Å². The molecule has 0 saturated heterocycles. The number of carbonyl (C=O) groups is 1. The first-order chi connectivity index (χ1) is 14.9. The normalized spacial score (nSPS) is 12.1. The molecule has 2 aromatic rings. The van der Waals surface area contributed by atoms with Crippen molar-refractivity contribution < 1.29 is 22.7 Å². The summed E-state index contributed by atoms with van der Waals surface area (Å²) < 4.78 is 43.0. The minimum absolute atomic E-state index is 0.0264. The maximum atomic E-state index is 14.1. The number of hydrogen-bond acceptors (Lipinski definition) is 6. The van der Waals surface area contributed by atoms with Gasteiger partial charge in [0.25, 0.3) is 10.0 Å². The van der Waals surface area contributed by atoms with Crippen LogP contribution in [0.5, 0.6) is 0 Å². The maximum absolute atomic E-state index is 14.1. The van der Waals surface area contributed by atoms with E-state index in [9.17, 15) is 17.6 Å². The Kier molecular flexibility index (Phi) is 8.38. The van der Waals surface area contributed by atoms with Crippen LogP contribution in [0.25, 0.3) is 0 Å². The third-order valence-corrected chi connectivity index (χ3v) is 6.22. The Balaban J connectivity index is 2.27. The number of rotatable bonds is 9. The number of aliphatic hydroxyl groups is 1. The summed E-state index contributed by atoms with van der Waals surface area (Å²) in [6.07, 6.45) is 0. The van der Waals surface area contributed by atoms with Gasteiger partial charge in [0.2, 0.25) is 0 Å². The van der Waals surface area contributed by atoms with Gasteiger partial charge in [0.05, 0.1) is 12.3 Å². The van der Waals surface area contributed by atoms with Crippen LogP contribution in [0.2, 0.25) is 0 Å². The van der Waals surface area contributed by atoms with E-state index >= 15 is 0 Å². The highest BCUT2D eigenvalue weighted by Crippen LogP contribution is 2.33. The monoisotopic (exact) mass is 469 g/mol. The van der Waals surface area contributed by atoms with Gasteiger partial charge in [0, 0.05) is 31.9 Å². The number of likely N-dealkylation sites (N-methyl/N-ethyl adjacent to an activating group) is 1. The number of urea groups is 1. The van der Waals surface area contributed by atoms with Crippen LogP contribution < -0.4 is 10.0 Å². The molecule has 1 heterocycles. The minimum Gasteiger partial charge on any atom is -0.395 e. The Morgan fingerprint density at radius 2 is 1.75 bits per heavy atom. The van der Waals surface area contributed by atoms with Crippen molar-refractivity contribution in [3.63, 3.8) is 0 Å². The lowest BCUT2D eigenvalue weighted by molar-refractivity contribution is 0.214. The number of halogens is 1. The van der Waals surface area contributed by atoms with E-state index in [-0.39, 0.29) is 23.5 Å². The zero-order valence-corrected chi connectivity index (χ0v) is 20.1. The molecule has 32 heavy (non-hydrogen) atoms. The van der Waals surface area contributed by atoms with Gasteiger partial charge in [-0.1, -0.05) is 27.7 Å². The Bertz CT molecular complexity index is 1040. The Morgan fingerprint density at radius 3 is 2.25 bits per heavy atom. The molecule has 9 nitrogen and oxygen atoms in total. The van der Waals surface area contributed by atoms with Crippen LogP contribution in [0.1, 0.15) is 56.4 Å². The average Bonchev–Trinajstić information content (AvgIpc) is 3.03. The fourth-order valence-electron chi connectivity index (χ4n) is 3.30. The Hall–Kier alpha value is -2.50. The highest BCUT2D eigenvalue weighted by Gasteiger charge is 2.25. The molecule has 0 bridgehead atoms. The van der Waals surface area contributed by atoms with Crippen LogP contribution >= 0.6 is 0 Å². The summed E-state index contributed by atoms with van der Waals surface area (Å²) in [6.45, 7) is 8.22. The largest absolute Gasteiger partial charge is 0.395 e. The van der Waals surface area contributed by atoms with Crippen molar-refractivity contribution in [2.24, 2.45) is 7.05 Å². The lowest BCUT2D eigenvalue weighted by atomic mass is 9.92. The number of amides is 2. The van der Waals surface area contributed by atoms with E-state index < -0.39 is 21.9 Å². The summed E-state index contributed by atoms with van der Waals surface area (Å²) in [5.74, 6) is -0.600. The van der Waals surface area contributed by atoms with Crippen molar-refractivity contribution in [2.45, 2.75) is 51.1 Å². The third-order valence-electron chi connectivity index (χ3n) is 5.02. The van der Waals surface area contributed by atoms with Gasteiger partial charge in [-0.25, -0.2) is 13.9 Å². The van der Waals surface area contributed by atoms with Crippen molar-refractivity contribution in [1.29, 1.82) is 0 Å². The van der Waals surface area contributed by atoms with Crippen LogP contribution in [0.15, 0.2) is 23.2 Å². The predicted molar refractivity (Wildman–Crippen MR) is 121 cm³/mol. The SMILES string of the molecule is CC(C)c1cc(F)cc(C(C)C)c1NC(=O)NS(=O)(=O)c1cc(CN(C)CCO)n(C)n1. The number of nitrogens with zero attached hydrogens (tertiary/aromatic N) is 3. The molecule has 0 unspecified atom stereocenters. The van der Waals surface area contributed by atoms with Crippen LogP contribution in [-0.4, -0.2) is 54.4 Å². The van der Waals surface area contributed by atoms with Crippen molar-refractivity contribution in [2.75, 3.05) is 25.5 Å². The quantitative estimate of drug-likeness (QED) is 0.520. The van der Waals surface area contributed by atoms with Crippen molar-refractivity contribution in [1.82, 2.24) is 19.4 Å². The molecule has 0 atom stereocenters. The molecule has 0 spiro atoms. The van der Waals surface area contributed by atoms with E-state index in [0.717, 1.165) is 0 Å². The highest BCUT2D eigenvalue weighted by molar-refractivity contribution is 7.90. The van der Waals surface area contributed by atoms with Crippen LogP contribution in [0.4, 0.5) is 14.9 Å². The van der Waals surface area contributed by atoms with Gasteiger partial charge in [-0.15, -0.1) is 0 Å². The second-order valence-electron chi connectivity index (χ2n) is 8.39. The summed E-state index contributed by atoms with van der Waals surface area (Å²) in [6, 6.07) is 3.11. The van der Waals surface area contributed by atoms with E-state index in [2.05, 4.69) is 10.4 Å². The van der Waals surface area contributed by atoms with Gasteiger partial charge in [0.1, 0.15) is 5.82 Å². The number of aryl methyl sites for hydroxylation is 1. The molecule has 3 N–H and O–H groups in total. The third kappa shape index (κ3) is 6.27. The number of hydrogen-bond donors (Lipinski definition) is 3. The summed E-state index contributed by atoms with van der Waals surface area (Å²) in [5.41, 5.74) is 2.16. The van der Waals surface area contributed by atoms with E-state index in [4.69, 9.17) is 5.11 Å². The van der Waals surface area contributed by atoms with E-state index in [1.54, 1.807) is 14.1 Å². The lowest BCUT2D eigenvalue weighted by Crippen LogP contribution is -2.35. The summed E-state index contributed by atoms with van der Waals surface area (Å²) in [4.78, 5) is 14.4. The topological polar surface area (TPSA) is 117 Å². The molecule has 178 valence electrons. The van der Waals surface area contributed by atoms with Gasteiger partial charge >= 0.3 is 6.03 Å². The fourth-order valence-corrected chi connectivity index (χ4v) is 4.22. The first-order valence-corrected chi connectivity index (χ1v) is 11.8. The predicted octanol–water partition coefficient (Wildman–Crippen LogP) is 2.74.